The van der Waals surface area contributed by atoms with Gasteiger partial charge in [-0.25, -0.2) is 4.98 Å². The summed E-state index contributed by atoms with van der Waals surface area (Å²) in [5.41, 5.74) is 7.46. The fourth-order valence-corrected chi connectivity index (χ4v) is 1.72. The first-order chi connectivity index (χ1) is 9.60. The summed E-state index contributed by atoms with van der Waals surface area (Å²) in [6.45, 7) is 0. The maximum Gasteiger partial charge on any atom is 0.273 e. The zero-order chi connectivity index (χ0) is 14.5. The SMILES string of the molecule is Cn1cncc1C(=O)Nc1ccc(C/C(N)=N/O)cc1. The van der Waals surface area contributed by atoms with E-state index in [2.05, 4.69) is 15.5 Å². The highest BCUT2D eigenvalue weighted by Gasteiger charge is 2.09. The molecule has 1 aromatic carbocycles. The number of imidazole rings is 1. The van der Waals surface area contributed by atoms with Crippen LogP contribution in [0.2, 0.25) is 0 Å². The number of aromatic nitrogens is 2. The number of nitrogens with one attached hydrogen (secondary N) is 1. The molecule has 1 aromatic heterocycles. The van der Waals surface area contributed by atoms with Crippen molar-refractivity contribution in [3.63, 3.8) is 0 Å². The van der Waals surface area contributed by atoms with Crippen molar-refractivity contribution in [1.29, 1.82) is 0 Å². The minimum atomic E-state index is -0.228. The van der Waals surface area contributed by atoms with Gasteiger partial charge in [0, 0.05) is 19.2 Å². The van der Waals surface area contributed by atoms with Crippen LogP contribution in [0.15, 0.2) is 41.9 Å². The molecule has 0 saturated heterocycles. The molecule has 0 radical (unpaired) electrons. The first-order valence-corrected chi connectivity index (χ1v) is 5.93. The van der Waals surface area contributed by atoms with Crippen molar-refractivity contribution in [2.45, 2.75) is 6.42 Å². The summed E-state index contributed by atoms with van der Waals surface area (Å²) in [6, 6.07) is 7.12. The Labute approximate surface area is 115 Å². The average Bonchev–Trinajstić information content (AvgIpc) is 2.87. The van der Waals surface area contributed by atoms with Crippen LogP contribution in [0.1, 0.15) is 16.1 Å². The summed E-state index contributed by atoms with van der Waals surface area (Å²) >= 11 is 0. The molecule has 1 heterocycles. The maximum absolute atomic E-state index is 12.0. The molecular formula is C13H15N5O2. The van der Waals surface area contributed by atoms with Gasteiger partial charge in [0.15, 0.2) is 0 Å². The lowest BCUT2D eigenvalue weighted by Gasteiger charge is -2.06. The number of aryl methyl sites for hydroxylation is 1. The van der Waals surface area contributed by atoms with Crippen molar-refractivity contribution in [2.24, 2.45) is 17.9 Å². The van der Waals surface area contributed by atoms with Crippen molar-refractivity contribution in [3.8, 4) is 0 Å². The number of rotatable bonds is 4. The van der Waals surface area contributed by atoms with E-state index < -0.39 is 0 Å². The monoisotopic (exact) mass is 273 g/mol. The third-order valence-corrected chi connectivity index (χ3v) is 2.77. The van der Waals surface area contributed by atoms with E-state index in [1.54, 1.807) is 42.2 Å². The lowest BCUT2D eigenvalue weighted by Crippen LogP contribution is -2.16. The summed E-state index contributed by atoms with van der Waals surface area (Å²) < 4.78 is 1.64. The summed E-state index contributed by atoms with van der Waals surface area (Å²) in [4.78, 5) is 15.9. The fourth-order valence-electron chi connectivity index (χ4n) is 1.72. The number of amides is 1. The second kappa shape index (κ2) is 5.87. The van der Waals surface area contributed by atoms with Gasteiger partial charge < -0.3 is 20.8 Å². The number of nitrogens with zero attached hydrogens (tertiary/aromatic N) is 3. The van der Waals surface area contributed by atoms with Crippen molar-refractivity contribution in [1.82, 2.24) is 9.55 Å². The molecule has 7 heteroatoms. The van der Waals surface area contributed by atoms with E-state index in [-0.39, 0.29) is 11.7 Å². The number of nitrogens with two attached hydrogens (primary N) is 1. The van der Waals surface area contributed by atoms with E-state index in [1.165, 1.54) is 6.20 Å². The Bertz CT molecular complexity index is 630. The number of hydrogen-bond donors (Lipinski definition) is 3. The van der Waals surface area contributed by atoms with Crippen molar-refractivity contribution in [3.05, 3.63) is 48.0 Å². The van der Waals surface area contributed by atoms with Gasteiger partial charge >= 0.3 is 0 Å². The van der Waals surface area contributed by atoms with Gasteiger partial charge in [0.1, 0.15) is 11.5 Å². The number of oxime groups is 1. The Morgan fingerprint density at radius 1 is 1.45 bits per heavy atom. The second-order valence-corrected chi connectivity index (χ2v) is 4.31. The van der Waals surface area contributed by atoms with Crippen LogP contribution in [0.5, 0.6) is 0 Å². The Morgan fingerprint density at radius 2 is 2.15 bits per heavy atom. The normalized spacial score (nSPS) is 11.3. The molecule has 0 spiro atoms. The molecule has 0 bridgehead atoms. The number of anilines is 1. The van der Waals surface area contributed by atoms with Crippen molar-refractivity contribution in [2.75, 3.05) is 5.32 Å². The zero-order valence-electron chi connectivity index (χ0n) is 10.9. The zero-order valence-corrected chi connectivity index (χ0v) is 10.9. The van der Waals surface area contributed by atoms with Gasteiger partial charge in [-0.15, -0.1) is 0 Å². The average molecular weight is 273 g/mol. The third-order valence-electron chi connectivity index (χ3n) is 2.77. The molecule has 0 atom stereocenters. The van der Waals surface area contributed by atoms with E-state index in [9.17, 15) is 4.79 Å². The highest BCUT2D eigenvalue weighted by Crippen LogP contribution is 2.11. The Morgan fingerprint density at radius 3 is 2.70 bits per heavy atom. The van der Waals surface area contributed by atoms with Gasteiger partial charge in [-0.1, -0.05) is 17.3 Å². The number of hydrogen-bond acceptors (Lipinski definition) is 4. The lowest BCUT2D eigenvalue weighted by atomic mass is 10.1. The Balaban J connectivity index is 2.04. The molecule has 20 heavy (non-hydrogen) atoms. The fraction of sp³-hybridized carbons (Fsp3) is 0.154. The first kappa shape index (κ1) is 13.6. The van der Waals surface area contributed by atoms with E-state index in [0.717, 1.165) is 5.56 Å². The lowest BCUT2D eigenvalue weighted by molar-refractivity contribution is 0.101. The van der Waals surface area contributed by atoms with Gasteiger partial charge in [0.25, 0.3) is 5.91 Å². The van der Waals surface area contributed by atoms with Crippen LogP contribution >= 0.6 is 0 Å². The van der Waals surface area contributed by atoms with Crippen molar-refractivity contribution < 1.29 is 10.0 Å². The van der Waals surface area contributed by atoms with Gasteiger partial charge in [-0.05, 0) is 17.7 Å². The number of benzene rings is 1. The third kappa shape index (κ3) is 3.14. The van der Waals surface area contributed by atoms with Crippen LogP contribution in [0, 0.1) is 0 Å². The number of amidine groups is 1. The number of carbonyl (C=O) groups is 1. The molecule has 1 amide bonds. The molecule has 7 nitrogen and oxygen atoms in total. The summed E-state index contributed by atoms with van der Waals surface area (Å²) in [5, 5.41) is 14.2. The summed E-state index contributed by atoms with van der Waals surface area (Å²) in [5.74, 6) is -0.0918. The minimum Gasteiger partial charge on any atom is -0.409 e. The van der Waals surface area contributed by atoms with Gasteiger partial charge in [-0.2, -0.15) is 0 Å². The van der Waals surface area contributed by atoms with E-state index in [1.807, 2.05) is 0 Å². The second-order valence-electron chi connectivity index (χ2n) is 4.31. The van der Waals surface area contributed by atoms with Crippen LogP contribution in [0.25, 0.3) is 0 Å². The van der Waals surface area contributed by atoms with Gasteiger partial charge in [0.2, 0.25) is 0 Å². The minimum absolute atomic E-state index is 0.136. The molecule has 0 aliphatic carbocycles. The molecule has 0 aliphatic heterocycles. The van der Waals surface area contributed by atoms with Gasteiger partial charge in [-0.3, -0.25) is 4.79 Å². The summed E-state index contributed by atoms with van der Waals surface area (Å²) in [6.07, 6.45) is 3.42. The van der Waals surface area contributed by atoms with Crippen LogP contribution < -0.4 is 11.1 Å². The quantitative estimate of drug-likeness (QED) is 0.334. The number of carbonyl (C=O) groups excluding carboxylic acids is 1. The molecule has 2 aromatic rings. The smallest absolute Gasteiger partial charge is 0.273 e. The molecule has 4 N–H and O–H groups in total. The molecule has 2 rings (SSSR count). The van der Waals surface area contributed by atoms with Crippen molar-refractivity contribution >= 4 is 17.4 Å². The van der Waals surface area contributed by atoms with E-state index >= 15 is 0 Å². The molecule has 104 valence electrons. The highest BCUT2D eigenvalue weighted by atomic mass is 16.4. The Hall–Kier alpha value is -2.83. The molecule has 0 unspecified atom stereocenters. The maximum atomic E-state index is 12.0. The standard InChI is InChI=1S/C13H15N5O2/c1-18-8-15-7-11(18)13(19)16-10-4-2-9(3-5-10)6-12(14)17-20/h2-5,7-8,20H,6H2,1H3,(H2,14,17)(H,16,19). The first-order valence-electron chi connectivity index (χ1n) is 5.93. The topological polar surface area (TPSA) is 106 Å². The van der Waals surface area contributed by atoms with Gasteiger partial charge in [0.05, 0.1) is 12.5 Å². The van der Waals surface area contributed by atoms with Crippen LogP contribution in [-0.2, 0) is 13.5 Å². The molecule has 0 saturated carbocycles. The Kier molecular flexibility index (Phi) is 3.99. The predicted molar refractivity (Wildman–Crippen MR) is 74.7 cm³/mol. The van der Waals surface area contributed by atoms with Crippen LogP contribution in [-0.4, -0.2) is 26.5 Å². The largest absolute Gasteiger partial charge is 0.409 e. The molecular weight excluding hydrogens is 258 g/mol. The van der Waals surface area contributed by atoms with Crippen LogP contribution in [0.4, 0.5) is 5.69 Å². The molecule has 0 fully saturated rings. The highest BCUT2D eigenvalue weighted by molar-refractivity contribution is 6.02. The van der Waals surface area contributed by atoms with Crippen LogP contribution in [0.3, 0.4) is 0 Å². The van der Waals surface area contributed by atoms with E-state index in [0.29, 0.717) is 17.8 Å². The predicted octanol–water partition coefficient (Wildman–Crippen LogP) is 0.961. The summed E-state index contributed by atoms with van der Waals surface area (Å²) in [7, 11) is 1.75. The van der Waals surface area contributed by atoms with E-state index in [4.69, 9.17) is 10.9 Å². The molecule has 0 aliphatic rings.